The van der Waals surface area contributed by atoms with Crippen molar-refractivity contribution in [2.45, 2.75) is 5.54 Å². The standard InChI is InChI=1S/C4H11NO3.CH2Cl2/c5-4(1-6,2-7)3-8;2-1-3/h6-8H,1-3,5H2;1H2. The molecule has 0 aromatic carbocycles. The molecule has 0 aromatic rings. The predicted molar refractivity (Wildman–Crippen MR) is 44.7 cm³/mol. The van der Waals surface area contributed by atoms with E-state index >= 15 is 0 Å². The van der Waals surface area contributed by atoms with Gasteiger partial charge in [0, 0.05) is 0 Å². The molecule has 0 fully saturated rings. The monoisotopic (exact) mass is 205 g/mol. The fourth-order valence-corrected chi connectivity index (χ4v) is 0.150. The second-order valence-electron chi connectivity index (χ2n) is 1.94. The molecule has 0 aliphatic rings. The Morgan fingerprint density at radius 2 is 1.18 bits per heavy atom. The summed E-state index contributed by atoms with van der Waals surface area (Å²) in [5.41, 5.74) is 3.94. The second-order valence-corrected chi connectivity index (χ2v) is 2.75. The third-order valence-corrected chi connectivity index (χ3v) is 0.945. The highest BCUT2D eigenvalue weighted by Gasteiger charge is 2.20. The average Bonchev–Trinajstić information content (AvgIpc) is 2.05. The van der Waals surface area contributed by atoms with Gasteiger partial charge in [-0.1, -0.05) is 0 Å². The van der Waals surface area contributed by atoms with Crippen LogP contribution in [-0.4, -0.2) is 46.0 Å². The van der Waals surface area contributed by atoms with Crippen LogP contribution in [0.2, 0.25) is 0 Å². The minimum atomic E-state index is -1.21. The van der Waals surface area contributed by atoms with Crippen molar-refractivity contribution in [3.8, 4) is 0 Å². The van der Waals surface area contributed by atoms with E-state index in [0.29, 0.717) is 0 Å². The van der Waals surface area contributed by atoms with Crippen LogP contribution >= 0.6 is 23.2 Å². The van der Waals surface area contributed by atoms with Gasteiger partial charge < -0.3 is 21.1 Å². The molecule has 6 heteroatoms. The van der Waals surface area contributed by atoms with E-state index in [-0.39, 0.29) is 5.34 Å². The molecule has 0 bridgehead atoms. The molecule has 0 radical (unpaired) electrons. The number of alkyl halides is 2. The molecule has 70 valence electrons. The zero-order chi connectivity index (χ0) is 9.33. The Morgan fingerprint density at radius 1 is 1.00 bits per heavy atom. The summed E-state index contributed by atoms with van der Waals surface area (Å²) in [7, 11) is 0. The number of rotatable bonds is 3. The summed E-state index contributed by atoms with van der Waals surface area (Å²) in [6.45, 7) is -1.21. The maximum absolute atomic E-state index is 8.34. The highest BCUT2D eigenvalue weighted by molar-refractivity contribution is 6.40. The van der Waals surface area contributed by atoms with Crippen molar-refractivity contribution in [2.75, 3.05) is 25.2 Å². The van der Waals surface area contributed by atoms with E-state index in [1.807, 2.05) is 0 Å². The largest absolute Gasteiger partial charge is 0.394 e. The van der Waals surface area contributed by atoms with Crippen LogP contribution in [-0.2, 0) is 0 Å². The number of nitrogens with two attached hydrogens (primary N) is 1. The van der Waals surface area contributed by atoms with Crippen molar-refractivity contribution in [1.29, 1.82) is 0 Å². The lowest BCUT2D eigenvalue weighted by molar-refractivity contribution is 0.0698. The van der Waals surface area contributed by atoms with Gasteiger partial charge in [-0.25, -0.2) is 0 Å². The van der Waals surface area contributed by atoms with Crippen LogP contribution in [0.5, 0.6) is 0 Å². The number of hydrogen-bond donors (Lipinski definition) is 4. The van der Waals surface area contributed by atoms with Gasteiger partial charge in [-0.3, -0.25) is 0 Å². The molecule has 5 N–H and O–H groups in total. The normalized spacial score (nSPS) is 10.4. The Morgan fingerprint density at radius 3 is 1.18 bits per heavy atom. The summed E-state index contributed by atoms with van der Waals surface area (Å²) in [4.78, 5) is 0. The highest BCUT2D eigenvalue weighted by atomic mass is 35.5. The van der Waals surface area contributed by atoms with Crippen LogP contribution in [0.15, 0.2) is 0 Å². The molecule has 0 aliphatic carbocycles. The van der Waals surface area contributed by atoms with Crippen LogP contribution in [0.4, 0.5) is 0 Å². The molecule has 0 saturated carbocycles. The first-order valence-electron chi connectivity index (χ1n) is 2.83. The first-order chi connectivity index (χ1) is 5.10. The molecule has 0 saturated heterocycles. The summed E-state index contributed by atoms with van der Waals surface area (Å²) in [6, 6.07) is 0. The van der Waals surface area contributed by atoms with Crippen LogP contribution in [0.1, 0.15) is 0 Å². The molecular weight excluding hydrogens is 193 g/mol. The SMILES string of the molecule is ClCCl.NC(CO)(CO)CO. The van der Waals surface area contributed by atoms with E-state index in [9.17, 15) is 0 Å². The lowest BCUT2D eigenvalue weighted by Gasteiger charge is -2.20. The van der Waals surface area contributed by atoms with Crippen LogP contribution in [0.25, 0.3) is 0 Å². The molecule has 0 aliphatic heterocycles. The average molecular weight is 206 g/mol. The third-order valence-electron chi connectivity index (χ3n) is 0.945. The molecule has 0 rings (SSSR count). The van der Waals surface area contributed by atoms with E-state index in [2.05, 4.69) is 0 Å². The van der Waals surface area contributed by atoms with Gasteiger partial charge in [0.15, 0.2) is 0 Å². The molecule has 11 heavy (non-hydrogen) atoms. The van der Waals surface area contributed by atoms with Gasteiger partial charge in [-0.15, -0.1) is 23.2 Å². The number of aliphatic hydroxyl groups excluding tert-OH is 3. The maximum Gasteiger partial charge on any atom is 0.0967 e. The molecule has 0 amide bonds. The Kier molecular flexibility index (Phi) is 10.8. The van der Waals surface area contributed by atoms with Gasteiger partial charge in [-0.2, -0.15) is 0 Å². The van der Waals surface area contributed by atoms with E-state index in [0.717, 1.165) is 0 Å². The lowest BCUT2D eigenvalue weighted by Crippen LogP contribution is -2.50. The quantitative estimate of drug-likeness (QED) is 0.450. The first-order valence-corrected chi connectivity index (χ1v) is 3.90. The maximum atomic E-state index is 8.34. The molecule has 0 unspecified atom stereocenters. The number of hydrogen-bond acceptors (Lipinski definition) is 4. The molecule has 4 nitrogen and oxygen atoms in total. The van der Waals surface area contributed by atoms with Gasteiger partial charge in [-0.05, 0) is 0 Å². The second kappa shape index (κ2) is 8.52. The van der Waals surface area contributed by atoms with Crippen LogP contribution < -0.4 is 5.73 Å². The molecule has 0 spiro atoms. The summed E-state index contributed by atoms with van der Waals surface area (Å²) in [5.74, 6) is 0. The van der Waals surface area contributed by atoms with E-state index < -0.39 is 25.4 Å². The molecule has 0 aromatic heterocycles. The highest BCUT2D eigenvalue weighted by Crippen LogP contribution is 1.93. The zero-order valence-electron chi connectivity index (χ0n) is 6.00. The van der Waals surface area contributed by atoms with Gasteiger partial charge in [0.1, 0.15) is 0 Å². The number of aliphatic hydroxyl groups is 3. The Labute approximate surface area is 75.5 Å². The van der Waals surface area contributed by atoms with Crippen molar-refractivity contribution in [3.63, 3.8) is 0 Å². The van der Waals surface area contributed by atoms with Gasteiger partial charge in [0.2, 0.25) is 0 Å². The topological polar surface area (TPSA) is 86.7 Å². The minimum absolute atomic E-state index is 0.194. The van der Waals surface area contributed by atoms with Crippen LogP contribution in [0.3, 0.4) is 0 Å². The van der Waals surface area contributed by atoms with Gasteiger partial charge >= 0.3 is 0 Å². The Bertz CT molecular complexity index is 71.9. The third kappa shape index (κ3) is 8.33. The van der Waals surface area contributed by atoms with Crippen LogP contribution in [0, 0.1) is 0 Å². The van der Waals surface area contributed by atoms with Crippen molar-refractivity contribution >= 4 is 23.2 Å². The molecule has 0 atom stereocenters. The van der Waals surface area contributed by atoms with Crippen molar-refractivity contribution in [1.82, 2.24) is 0 Å². The van der Waals surface area contributed by atoms with Gasteiger partial charge in [0.05, 0.1) is 30.7 Å². The van der Waals surface area contributed by atoms with E-state index in [4.69, 9.17) is 44.3 Å². The predicted octanol–water partition coefficient (Wildman–Crippen LogP) is -0.918. The Balaban J connectivity index is 0. The minimum Gasteiger partial charge on any atom is -0.394 e. The summed E-state index contributed by atoms with van der Waals surface area (Å²) in [5, 5.41) is 25.2. The summed E-state index contributed by atoms with van der Waals surface area (Å²) in [6.07, 6.45) is 0. The zero-order valence-corrected chi connectivity index (χ0v) is 7.52. The van der Waals surface area contributed by atoms with E-state index in [1.165, 1.54) is 0 Å². The van der Waals surface area contributed by atoms with Crippen molar-refractivity contribution in [3.05, 3.63) is 0 Å². The smallest absolute Gasteiger partial charge is 0.0967 e. The molecular formula is C5H13Cl2NO3. The first kappa shape index (κ1) is 14.0. The summed E-state index contributed by atoms with van der Waals surface area (Å²) < 4.78 is 0. The fraction of sp³-hybridized carbons (Fsp3) is 1.00. The number of halogens is 2. The van der Waals surface area contributed by atoms with Gasteiger partial charge in [0.25, 0.3) is 0 Å². The molecule has 0 heterocycles. The van der Waals surface area contributed by atoms with Crippen molar-refractivity contribution in [2.24, 2.45) is 5.73 Å². The van der Waals surface area contributed by atoms with E-state index in [1.54, 1.807) is 0 Å². The lowest BCUT2D eigenvalue weighted by atomic mass is 10.1. The summed E-state index contributed by atoms with van der Waals surface area (Å²) >= 11 is 9.53. The fourth-order valence-electron chi connectivity index (χ4n) is 0.150. The van der Waals surface area contributed by atoms with Crippen molar-refractivity contribution < 1.29 is 15.3 Å². The Hall–Kier alpha value is 0.420.